The number of aromatic nitrogens is 2. The maximum Gasteiger partial charge on any atom is 0.274 e. The SMILES string of the molecule is CN1CC(CN(C)c2cncc(C(=O)N3CCCC3)n2)CC1=O. The molecule has 2 fully saturated rings. The quantitative estimate of drug-likeness (QED) is 0.814. The van der Waals surface area contributed by atoms with Crippen LogP contribution in [0.3, 0.4) is 0 Å². The first-order valence-corrected chi connectivity index (χ1v) is 8.11. The molecule has 2 amide bonds. The summed E-state index contributed by atoms with van der Waals surface area (Å²) in [5.41, 5.74) is 0.399. The Morgan fingerprint density at radius 1 is 1.35 bits per heavy atom. The fourth-order valence-electron chi connectivity index (χ4n) is 3.28. The fourth-order valence-corrected chi connectivity index (χ4v) is 3.28. The Morgan fingerprint density at radius 2 is 2.09 bits per heavy atom. The maximum atomic E-state index is 12.4. The maximum absolute atomic E-state index is 12.4. The molecule has 7 nitrogen and oxygen atoms in total. The van der Waals surface area contributed by atoms with Crippen LogP contribution in [-0.2, 0) is 4.79 Å². The second-order valence-corrected chi connectivity index (χ2v) is 6.49. The van der Waals surface area contributed by atoms with Crippen LogP contribution in [0.4, 0.5) is 5.82 Å². The summed E-state index contributed by atoms with van der Waals surface area (Å²) in [7, 11) is 3.76. The number of anilines is 1. The van der Waals surface area contributed by atoms with Gasteiger partial charge >= 0.3 is 0 Å². The summed E-state index contributed by atoms with van der Waals surface area (Å²) < 4.78 is 0. The van der Waals surface area contributed by atoms with Gasteiger partial charge < -0.3 is 14.7 Å². The summed E-state index contributed by atoms with van der Waals surface area (Å²) in [6.45, 7) is 3.10. The van der Waals surface area contributed by atoms with Crippen LogP contribution in [0.5, 0.6) is 0 Å². The molecule has 0 saturated carbocycles. The third kappa shape index (κ3) is 3.43. The number of hydrogen-bond acceptors (Lipinski definition) is 5. The Labute approximate surface area is 136 Å². The Balaban J connectivity index is 1.66. The number of carbonyl (C=O) groups excluding carboxylic acids is 2. The van der Waals surface area contributed by atoms with E-state index in [1.54, 1.807) is 11.1 Å². The van der Waals surface area contributed by atoms with Crippen molar-refractivity contribution in [1.82, 2.24) is 19.8 Å². The summed E-state index contributed by atoms with van der Waals surface area (Å²) in [4.78, 5) is 38.2. The topological polar surface area (TPSA) is 69.6 Å². The number of carbonyl (C=O) groups is 2. The Kier molecular flexibility index (Phi) is 4.45. The van der Waals surface area contributed by atoms with Crippen LogP contribution in [0, 0.1) is 5.92 Å². The predicted molar refractivity (Wildman–Crippen MR) is 86.2 cm³/mol. The Bertz CT molecular complexity index is 600. The molecule has 0 bridgehead atoms. The van der Waals surface area contributed by atoms with E-state index in [0.717, 1.165) is 39.0 Å². The van der Waals surface area contributed by atoms with E-state index in [1.807, 2.05) is 23.9 Å². The number of rotatable bonds is 4. The zero-order chi connectivity index (χ0) is 16.4. The summed E-state index contributed by atoms with van der Waals surface area (Å²) in [5.74, 6) is 1.11. The average molecular weight is 317 g/mol. The molecular formula is C16H23N5O2. The van der Waals surface area contributed by atoms with Crippen LogP contribution in [0.2, 0.25) is 0 Å². The molecule has 1 aromatic heterocycles. The van der Waals surface area contributed by atoms with Crippen molar-refractivity contribution in [2.45, 2.75) is 19.3 Å². The average Bonchev–Trinajstić information content (AvgIpc) is 3.17. The molecule has 2 aliphatic heterocycles. The molecule has 0 N–H and O–H groups in total. The Hall–Kier alpha value is -2.18. The van der Waals surface area contributed by atoms with Crippen LogP contribution < -0.4 is 4.90 Å². The first kappa shape index (κ1) is 15.7. The largest absolute Gasteiger partial charge is 0.358 e. The lowest BCUT2D eigenvalue weighted by Gasteiger charge is -2.22. The Morgan fingerprint density at radius 3 is 2.74 bits per heavy atom. The number of nitrogens with zero attached hydrogens (tertiary/aromatic N) is 5. The van der Waals surface area contributed by atoms with Crippen molar-refractivity contribution in [1.29, 1.82) is 0 Å². The number of amides is 2. The first-order chi connectivity index (χ1) is 11.0. The third-order valence-electron chi connectivity index (χ3n) is 4.58. The van der Waals surface area contributed by atoms with Crippen molar-refractivity contribution < 1.29 is 9.59 Å². The number of hydrogen-bond donors (Lipinski definition) is 0. The smallest absolute Gasteiger partial charge is 0.274 e. The molecule has 2 aliphatic rings. The van der Waals surface area contributed by atoms with E-state index in [1.165, 1.54) is 6.20 Å². The van der Waals surface area contributed by atoms with E-state index in [-0.39, 0.29) is 17.7 Å². The highest BCUT2D eigenvalue weighted by molar-refractivity contribution is 5.92. The van der Waals surface area contributed by atoms with Gasteiger partial charge in [0.05, 0.1) is 12.4 Å². The van der Waals surface area contributed by atoms with Crippen molar-refractivity contribution in [3.8, 4) is 0 Å². The van der Waals surface area contributed by atoms with Gasteiger partial charge in [0, 0.05) is 52.6 Å². The molecule has 0 aromatic carbocycles. The molecule has 1 atom stereocenters. The molecule has 23 heavy (non-hydrogen) atoms. The van der Waals surface area contributed by atoms with E-state index in [2.05, 4.69) is 9.97 Å². The predicted octanol–water partition coefficient (Wildman–Crippen LogP) is 0.627. The molecule has 7 heteroatoms. The van der Waals surface area contributed by atoms with Gasteiger partial charge in [-0.2, -0.15) is 0 Å². The van der Waals surface area contributed by atoms with Crippen LogP contribution in [0.1, 0.15) is 29.8 Å². The molecule has 3 heterocycles. The van der Waals surface area contributed by atoms with Gasteiger partial charge in [0.25, 0.3) is 5.91 Å². The van der Waals surface area contributed by atoms with Gasteiger partial charge in [-0.25, -0.2) is 4.98 Å². The lowest BCUT2D eigenvalue weighted by atomic mass is 10.1. The van der Waals surface area contributed by atoms with Crippen LogP contribution in [-0.4, -0.2) is 71.9 Å². The van der Waals surface area contributed by atoms with Gasteiger partial charge in [-0.15, -0.1) is 0 Å². The van der Waals surface area contributed by atoms with Crippen molar-refractivity contribution in [2.24, 2.45) is 5.92 Å². The molecular weight excluding hydrogens is 294 g/mol. The van der Waals surface area contributed by atoms with E-state index >= 15 is 0 Å². The third-order valence-corrected chi connectivity index (χ3v) is 4.58. The van der Waals surface area contributed by atoms with Crippen molar-refractivity contribution in [3.05, 3.63) is 18.1 Å². The van der Waals surface area contributed by atoms with Gasteiger partial charge in [-0.1, -0.05) is 0 Å². The van der Waals surface area contributed by atoms with Gasteiger partial charge in [-0.3, -0.25) is 14.6 Å². The van der Waals surface area contributed by atoms with Crippen LogP contribution >= 0.6 is 0 Å². The van der Waals surface area contributed by atoms with E-state index in [4.69, 9.17) is 0 Å². The molecule has 3 rings (SSSR count). The fraction of sp³-hybridized carbons (Fsp3) is 0.625. The highest BCUT2D eigenvalue weighted by Crippen LogP contribution is 2.19. The van der Waals surface area contributed by atoms with E-state index < -0.39 is 0 Å². The lowest BCUT2D eigenvalue weighted by Crippen LogP contribution is -2.31. The van der Waals surface area contributed by atoms with Gasteiger partial charge in [-0.05, 0) is 12.8 Å². The highest BCUT2D eigenvalue weighted by atomic mass is 16.2. The molecule has 0 radical (unpaired) electrons. The number of likely N-dealkylation sites (tertiary alicyclic amines) is 2. The van der Waals surface area contributed by atoms with Gasteiger partial charge in [0.2, 0.25) is 5.91 Å². The molecule has 0 aliphatic carbocycles. The van der Waals surface area contributed by atoms with Gasteiger partial charge in [0.1, 0.15) is 11.5 Å². The lowest BCUT2D eigenvalue weighted by molar-refractivity contribution is -0.126. The minimum absolute atomic E-state index is 0.0407. The van der Waals surface area contributed by atoms with Crippen molar-refractivity contribution >= 4 is 17.6 Å². The van der Waals surface area contributed by atoms with Crippen LogP contribution in [0.25, 0.3) is 0 Å². The molecule has 1 aromatic rings. The molecule has 2 saturated heterocycles. The summed E-state index contributed by atoms with van der Waals surface area (Å²) in [6.07, 6.45) is 5.89. The van der Waals surface area contributed by atoms with Crippen molar-refractivity contribution in [2.75, 3.05) is 45.2 Å². The standard InChI is InChI=1S/C16H23N5O2/c1-19(10-12-7-15(22)20(2)11-12)14-9-17-8-13(18-14)16(23)21-5-3-4-6-21/h8-9,12H,3-7,10-11H2,1-2H3. The summed E-state index contributed by atoms with van der Waals surface area (Å²) >= 11 is 0. The zero-order valence-electron chi connectivity index (χ0n) is 13.7. The minimum Gasteiger partial charge on any atom is -0.358 e. The summed E-state index contributed by atoms with van der Waals surface area (Å²) in [5, 5.41) is 0. The zero-order valence-corrected chi connectivity index (χ0v) is 13.7. The normalized spacial score (nSPS) is 21.1. The first-order valence-electron chi connectivity index (χ1n) is 8.11. The molecule has 124 valence electrons. The second kappa shape index (κ2) is 6.52. The molecule has 0 spiro atoms. The van der Waals surface area contributed by atoms with E-state index in [0.29, 0.717) is 17.9 Å². The van der Waals surface area contributed by atoms with Crippen LogP contribution in [0.15, 0.2) is 12.4 Å². The minimum atomic E-state index is -0.0407. The summed E-state index contributed by atoms with van der Waals surface area (Å²) in [6, 6.07) is 0. The van der Waals surface area contributed by atoms with Crippen molar-refractivity contribution in [3.63, 3.8) is 0 Å². The monoisotopic (exact) mass is 317 g/mol. The van der Waals surface area contributed by atoms with Gasteiger partial charge in [0.15, 0.2) is 0 Å². The van der Waals surface area contributed by atoms with E-state index in [9.17, 15) is 9.59 Å². The highest BCUT2D eigenvalue weighted by Gasteiger charge is 2.28. The molecule has 1 unspecified atom stereocenters. The second-order valence-electron chi connectivity index (χ2n) is 6.49.